The number of hydrogen-bond donors (Lipinski definition) is 0. The number of carbonyl (C=O) groups is 2. The monoisotopic (exact) mass is 392 g/mol. The Bertz CT molecular complexity index is 559. The highest BCUT2D eigenvalue weighted by molar-refractivity contribution is 6.77. The number of hydrogen-bond acceptors (Lipinski definition) is 4. The summed E-state index contributed by atoms with van der Waals surface area (Å²) >= 11 is 0. The molecule has 0 atom stereocenters. The molecule has 0 N–H and O–H groups in total. The van der Waals surface area contributed by atoms with Crippen LogP contribution in [0.1, 0.15) is 77.6 Å². The van der Waals surface area contributed by atoms with Crippen LogP contribution in [0.25, 0.3) is 0 Å². The van der Waals surface area contributed by atoms with Gasteiger partial charge in [-0.25, -0.2) is 0 Å². The summed E-state index contributed by atoms with van der Waals surface area (Å²) in [4.78, 5) is 24.0. The Morgan fingerprint density at radius 3 is 1.89 bits per heavy atom. The second kappa shape index (κ2) is 11.4. The number of ketones is 1. The van der Waals surface area contributed by atoms with Gasteiger partial charge < -0.3 is 9.16 Å². The third-order valence-electron chi connectivity index (χ3n) is 5.37. The molecule has 0 aliphatic carbocycles. The average molecular weight is 393 g/mol. The van der Waals surface area contributed by atoms with Gasteiger partial charge in [0.05, 0.1) is 0 Å². The van der Waals surface area contributed by atoms with Crippen LogP contribution in [-0.2, 0) is 14.0 Å². The smallest absolute Gasteiger partial charge is 0.307 e. The Kier molecular flexibility index (Phi) is 9.95. The summed E-state index contributed by atoms with van der Waals surface area (Å²) in [6, 6.07) is 9.26. The fraction of sp³-hybridized carbons (Fsp3) is 0.636. The maximum atomic E-state index is 12.0. The summed E-state index contributed by atoms with van der Waals surface area (Å²) < 4.78 is 11.6. The Morgan fingerprint density at radius 2 is 1.37 bits per heavy atom. The van der Waals surface area contributed by atoms with Gasteiger partial charge in [0, 0.05) is 18.4 Å². The third-order valence-corrected chi connectivity index (χ3v) is 11.4. The van der Waals surface area contributed by atoms with Crippen LogP contribution in [0.4, 0.5) is 0 Å². The summed E-state index contributed by atoms with van der Waals surface area (Å²) in [5, 5.41) is 0. The molecule has 0 radical (unpaired) electrons. The third kappa shape index (κ3) is 6.89. The predicted molar refractivity (Wildman–Crippen MR) is 112 cm³/mol. The Morgan fingerprint density at radius 1 is 0.852 bits per heavy atom. The zero-order valence-corrected chi connectivity index (χ0v) is 18.8. The summed E-state index contributed by atoms with van der Waals surface area (Å²) in [5.41, 5.74) is 2.10. The molecule has 5 heteroatoms. The molecule has 4 nitrogen and oxygen atoms in total. The van der Waals surface area contributed by atoms with E-state index >= 15 is 0 Å². The van der Waals surface area contributed by atoms with E-state index < -0.39 is 8.32 Å². The average Bonchev–Trinajstić information content (AvgIpc) is 2.62. The molecule has 27 heavy (non-hydrogen) atoms. The van der Waals surface area contributed by atoms with Crippen LogP contribution in [0, 0.1) is 0 Å². The van der Waals surface area contributed by atoms with Crippen molar-refractivity contribution >= 4 is 20.1 Å². The highest BCUT2D eigenvalue weighted by Gasteiger charge is 2.45. The molecule has 0 saturated carbocycles. The van der Waals surface area contributed by atoms with Crippen molar-refractivity contribution < 1.29 is 18.8 Å². The van der Waals surface area contributed by atoms with E-state index in [2.05, 4.69) is 41.5 Å². The molecule has 0 bridgehead atoms. The van der Waals surface area contributed by atoms with E-state index in [1.54, 1.807) is 0 Å². The van der Waals surface area contributed by atoms with Crippen molar-refractivity contribution in [3.8, 4) is 0 Å². The minimum atomic E-state index is -2.01. The molecule has 0 heterocycles. The maximum Gasteiger partial charge on any atom is 0.307 e. The minimum Gasteiger partial charge on any atom is -0.439 e. The van der Waals surface area contributed by atoms with Crippen LogP contribution in [0.5, 0.6) is 0 Å². The molecule has 0 fully saturated rings. The summed E-state index contributed by atoms with van der Waals surface area (Å²) in [7, 11) is -2.01. The molecular weight excluding hydrogens is 356 g/mol. The van der Waals surface area contributed by atoms with Gasteiger partial charge in [0.1, 0.15) is 0 Å². The summed E-state index contributed by atoms with van der Waals surface area (Å²) in [6.45, 7) is 13.3. The number of benzene rings is 1. The predicted octanol–water partition coefficient (Wildman–Crippen LogP) is 6.12. The van der Waals surface area contributed by atoms with Crippen LogP contribution in [-0.4, -0.2) is 26.9 Å². The second-order valence-corrected chi connectivity index (χ2v) is 13.6. The molecule has 0 saturated heterocycles. The van der Waals surface area contributed by atoms with E-state index in [0.29, 0.717) is 42.3 Å². The lowest BCUT2D eigenvalue weighted by Crippen LogP contribution is -2.48. The van der Waals surface area contributed by atoms with Gasteiger partial charge in [0.15, 0.2) is 12.6 Å². The SMILES string of the molecule is CC(C)[Si](OCOC(=O)CCCCC(=O)c1ccccc1)(C(C)C)C(C)C. The lowest BCUT2D eigenvalue weighted by Gasteiger charge is -2.41. The second-order valence-electron chi connectivity index (χ2n) is 8.09. The van der Waals surface area contributed by atoms with Crippen molar-refractivity contribution in [2.75, 3.05) is 6.79 Å². The molecule has 0 spiro atoms. The highest BCUT2D eigenvalue weighted by atomic mass is 28.4. The maximum absolute atomic E-state index is 12.0. The van der Waals surface area contributed by atoms with Crippen molar-refractivity contribution in [1.82, 2.24) is 0 Å². The van der Waals surface area contributed by atoms with Gasteiger partial charge in [-0.2, -0.15) is 0 Å². The van der Waals surface area contributed by atoms with E-state index in [4.69, 9.17) is 9.16 Å². The van der Waals surface area contributed by atoms with E-state index in [9.17, 15) is 9.59 Å². The normalized spacial score (nSPS) is 12.0. The number of rotatable bonds is 12. The number of ether oxygens (including phenoxy) is 1. The first kappa shape index (κ1) is 23.6. The zero-order valence-electron chi connectivity index (χ0n) is 17.8. The molecule has 1 aromatic rings. The van der Waals surface area contributed by atoms with Gasteiger partial charge in [0.25, 0.3) is 0 Å². The number of unbranched alkanes of at least 4 members (excludes halogenated alkanes) is 1. The van der Waals surface area contributed by atoms with Crippen molar-refractivity contribution in [3.05, 3.63) is 35.9 Å². The lowest BCUT2D eigenvalue weighted by atomic mass is 10.0. The van der Waals surface area contributed by atoms with Crippen LogP contribution >= 0.6 is 0 Å². The van der Waals surface area contributed by atoms with Crippen LogP contribution in [0.15, 0.2) is 30.3 Å². The molecule has 0 unspecified atom stereocenters. The standard InChI is InChI=1S/C22H36O4Si/c1-17(2)27(18(3)4,19(5)6)26-16-25-22(24)15-11-10-14-21(23)20-12-8-7-9-13-20/h7-9,12-13,17-19H,10-11,14-16H2,1-6H3. The van der Waals surface area contributed by atoms with Crippen LogP contribution in [0.3, 0.4) is 0 Å². The molecule has 0 aliphatic rings. The molecule has 0 aromatic heterocycles. The van der Waals surface area contributed by atoms with E-state index in [0.717, 1.165) is 5.56 Å². The van der Waals surface area contributed by atoms with Gasteiger partial charge in [-0.3, -0.25) is 9.59 Å². The van der Waals surface area contributed by atoms with Gasteiger partial charge in [-0.05, 0) is 29.5 Å². The topological polar surface area (TPSA) is 52.6 Å². The molecule has 0 aliphatic heterocycles. The van der Waals surface area contributed by atoms with Gasteiger partial charge in [0.2, 0.25) is 8.32 Å². The Labute approximate surface area is 165 Å². The first-order valence-electron chi connectivity index (χ1n) is 10.1. The van der Waals surface area contributed by atoms with Crippen molar-refractivity contribution in [1.29, 1.82) is 0 Å². The molecule has 1 rings (SSSR count). The number of esters is 1. The van der Waals surface area contributed by atoms with Crippen LogP contribution in [0.2, 0.25) is 16.6 Å². The zero-order chi connectivity index (χ0) is 20.4. The van der Waals surface area contributed by atoms with Gasteiger partial charge in [-0.1, -0.05) is 71.9 Å². The molecule has 0 amide bonds. The largest absolute Gasteiger partial charge is 0.439 e. The summed E-state index contributed by atoms with van der Waals surface area (Å²) in [6.07, 6.45) is 2.12. The first-order valence-corrected chi connectivity index (χ1v) is 12.2. The first-order chi connectivity index (χ1) is 12.7. The van der Waals surface area contributed by atoms with Crippen LogP contribution < -0.4 is 0 Å². The van der Waals surface area contributed by atoms with Gasteiger partial charge >= 0.3 is 5.97 Å². The number of Topliss-reactive ketones (excluding diaryl/α,β-unsaturated/α-hetero) is 1. The fourth-order valence-electron chi connectivity index (χ4n) is 4.09. The molecule has 152 valence electrons. The minimum absolute atomic E-state index is 0.0442. The summed E-state index contributed by atoms with van der Waals surface area (Å²) in [5.74, 6) is -0.129. The van der Waals surface area contributed by atoms with Gasteiger partial charge in [-0.15, -0.1) is 0 Å². The Balaban J connectivity index is 2.33. The van der Waals surface area contributed by atoms with Crippen molar-refractivity contribution in [2.24, 2.45) is 0 Å². The lowest BCUT2D eigenvalue weighted by molar-refractivity contribution is -0.151. The van der Waals surface area contributed by atoms with E-state index in [1.807, 2.05) is 30.3 Å². The Hall–Kier alpha value is -1.46. The quantitative estimate of drug-likeness (QED) is 0.141. The highest BCUT2D eigenvalue weighted by Crippen LogP contribution is 2.42. The molecule has 1 aromatic carbocycles. The van der Waals surface area contributed by atoms with Crippen molar-refractivity contribution in [3.63, 3.8) is 0 Å². The molecular formula is C22H36O4Si. The fourth-order valence-corrected chi connectivity index (χ4v) is 9.36. The van der Waals surface area contributed by atoms with E-state index in [1.165, 1.54) is 0 Å². The number of carbonyl (C=O) groups excluding carboxylic acids is 2. The van der Waals surface area contributed by atoms with Crippen molar-refractivity contribution in [2.45, 2.75) is 83.8 Å². The van der Waals surface area contributed by atoms with E-state index in [-0.39, 0.29) is 18.5 Å².